The lowest BCUT2D eigenvalue weighted by atomic mass is 9.99. The van der Waals surface area contributed by atoms with Crippen LogP contribution in [0.3, 0.4) is 0 Å². The van der Waals surface area contributed by atoms with Crippen LogP contribution in [0.2, 0.25) is 0 Å². The summed E-state index contributed by atoms with van der Waals surface area (Å²) in [5.41, 5.74) is 3.34. The highest BCUT2D eigenvalue weighted by Gasteiger charge is 2.25. The van der Waals surface area contributed by atoms with Gasteiger partial charge in [0, 0.05) is 38.4 Å². The summed E-state index contributed by atoms with van der Waals surface area (Å²) in [6, 6.07) is 18.8. The molecule has 2 aromatic rings. The largest absolute Gasteiger partial charge is 0.357 e. The molecule has 32 heavy (non-hydrogen) atoms. The fourth-order valence-electron chi connectivity index (χ4n) is 4.60. The van der Waals surface area contributed by atoms with Gasteiger partial charge in [0.25, 0.3) is 0 Å². The molecule has 2 saturated heterocycles. The number of hydrogen-bond acceptors (Lipinski definition) is 2. The summed E-state index contributed by atoms with van der Waals surface area (Å²) in [4.78, 5) is 21.6. The van der Waals surface area contributed by atoms with Crippen molar-refractivity contribution < 1.29 is 4.79 Å². The van der Waals surface area contributed by atoms with Crippen LogP contribution in [0.5, 0.6) is 0 Å². The highest BCUT2D eigenvalue weighted by Crippen LogP contribution is 2.21. The summed E-state index contributed by atoms with van der Waals surface area (Å²) in [6.45, 7) is 7.33. The van der Waals surface area contributed by atoms with Crippen LogP contribution in [0, 0.1) is 5.92 Å². The van der Waals surface area contributed by atoms with Crippen molar-refractivity contribution in [1.82, 2.24) is 15.1 Å². The topological polar surface area (TPSA) is 60.0 Å². The van der Waals surface area contributed by atoms with Crippen molar-refractivity contribution in [3.63, 3.8) is 0 Å². The van der Waals surface area contributed by atoms with Gasteiger partial charge in [-0.1, -0.05) is 42.5 Å². The van der Waals surface area contributed by atoms with Crippen LogP contribution in [0.25, 0.3) is 0 Å². The Morgan fingerprint density at radius 1 is 1.00 bits per heavy atom. The van der Waals surface area contributed by atoms with Crippen molar-refractivity contribution in [2.24, 2.45) is 10.9 Å². The van der Waals surface area contributed by atoms with E-state index in [9.17, 15) is 4.79 Å². The Kier molecular flexibility index (Phi) is 7.64. The minimum absolute atomic E-state index is 0.00184. The zero-order valence-corrected chi connectivity index (χ0v) is 19.1. The Balaban J connectivity index is 1.35. The maximum absolute atomic E-state index is 12.4. The van der Waals surface area contributed by atoms with Crippen molar-refractivity contribution in [3.05, 3.63) is 65.7 Å². The monoisotopic (exact) mass is 433 g/mol. The lowest BCUT2D eigenvalue weighted by Crippen LogP contribution is -2.40. The first-order valence-corrected chi connectivity index (χ1v) is 11.9. The Bertz CT molecular complexity index is 907. The fourth-order valence-corrected chi connectivity index (χ4v) is 4.60. The molecule has 2 aromatic carbocycles. The zero-order valence-electron chi connectivity index (χ0n) is 19.1. The third-order valence-corrected chi connectivity index (χ3v) is 6.27. The molecule has 2 amide bonds. The first kappa shape index (κ1) is 22.2. The van der Waals surface area contributed by atoms with E-state index in [2.05, 4.69) is 58.9 Å². The number of anilines is 1. The van der Waals surface area contributed by atoms with Gasteiger partial charge in [-0.15, -0.1) is 0 Å². The average molecular weight is 434 g/mol. The van der Waals surface area contributed by atoms with Crippen LogP contribution in [0.4, 0.5) is 10.5 Å². The van der Waals surface area contributed by atoms with Crippen LogP contribution in [-0.4, -0.2) is 54.5 Å². The van der Waals surface area contributed by atoms with Crippen molar-refractivity contribution >= 4 is 17.7 Å². The number of urea groups is 1. The molecule has 170 valence electrons. The van der Waals surface area contributed by atoms with E-state index >= 15 is 0 Å². The summed E-state index contributed by atoms with van der Waals surface area (Å²) in [5.74, 6) is 1.64. The molecule has 2 heterocycles. The highest BCUT2D eigenvalue weighted by molar-refractivity contribution is 5.89. The normalized spacial score (nSPS) is 18.8. The van der Waals surface area contributed by atoms with Gasteiger partial charge in [-0.2, -0.15) is 0 Å². The van der Waals surface area contributed by atoms with Gasteiger partial charge in [0.1, 0.15) is 0 Å². The van der Waals surface area contributed by atoms with Gasteiger partial charge in [-0.3, -0.25) is 0 Å². The average Bonchev–Trinajstić information content (AvgIpc) is 3.50. The quantitative estimate of drug-likeness (QED) is 0.526. The fraction of sp³-hybridized carbons (Fsp3) is 0.462. The number of nitrogens with zero attached hydrogens (tertiary/aromatic N) is 3. The smallest absolute Gasteiger partial charge is 0.321 e. The van der Waals surface area contributed by atoms with Crippen molar-refractivity contribution in [2.75, 3.05) is 38.0 Å². The maximum Gasteiger partial charge on any atom is 0.321 e. The number of amides is 2. The number of carbonyl (C=O) groups excluding carboxylic acids is 1. The SMILES string of the molecule is CCNC(=NCc1cccc(NC(=O)N2CCCC2)c1)N1CCC(Cc2ccccc2)C1. The molecule has 6 heteroatoms. The van der Waals surface area contributed by atoms with E-state index in [1.807, 2.05) is 23.1 Å². The Morgan fingerprint density at radius 3 is 2.56 bits per heavy atom. The standard InChI is InChI=1S/C26H35N5O/c1-2-27-25(31-16-13-23(20-31)17-21-9-4-3-5-10-21)28-19-22-11-8-12-24(18-22)29-26(32)30-14-6-7-15-30/h3-5,8-12,18,23H,2,6-7,13-17,19-20H2,1H3,(H,27,28)(H,29,32). The van der Waals surface area contributed by atoms with Crippen molar-refractivity contribution in [1.29, 1.82) is 0 Å². The van der Waals surface area contributed by atoms with Gasteiger partial charge in [-0.05, 0) is 61.8 Å². The summed E-state index contributed by atoms with van der Waals surface area (Å²) >= 11 is 0. The van der Waals surface area contributed by atoms with E-state index < -0.39 is 0 Å². The van der Waals surface area contributed by atoms with E-state index in [0.717, 1.165) is 69.2 Å². The minimum Gasteiger partial charge on any atom is -0.357 e. The molecular formula is C26H35N5O. The minimum atomic E-state index is -0.00184. The van der Waals surface area contributed by atoms with Crippen LogP contribution in [0.15, 0.2) is 59.6 Å². The second-order valence-corrected chi connectivity index (χ2v) is 8.79. The van der Waals surface area contributed by atoms with E-state index in [4.69, 9.17) is 4.99 Å². The number of carbonyl (C=O) groups is 1. The van der Waals surface area contributed by atoms with Crippen molar-refractivity contribution in [3.8, 4) is 0 Å². The third-order valence-electron chi connectivity index (χ3n) is 6.27. The molecule has 0 spiro atoms. The molecule has 2 aliphatic heterocycles. The number of aliphatic imine (C=N–C) groups is 1. The lowest BCUT2D eigenvalue weighted by Gasteiger charge is -2.22. The predicted octanol–water partition coefficient (Wildman–Crippen LogP) is 4.34. The first-order valence-electron chi connectivity index (χ1n) is 11.9. The molecular weight excluding hydrogens is 398 g/mol. The van der Waals surface area contributed by atoms with Gasteiger partial charge in [0.2, 0.25) is 0 Å². The van der Waals surface area contributed by atoms with Gasteiger partial charge < -0.3 is 20.4 Å². The molecule has 0 bridgehead atoms. The number of hydrogen-bond donors (Lipinski definition) is 2. The van der Waals surface area contributed by atoms with Crippen LogP contribution >= 0.6 is 0 Å². The molecule has 0 radical (unpaired) electrons. The summed E-state index contributed by atoms with van der Waals surface area (Å²) in [5, 5.41) is 6.50. The van der Waals surface area contributed by atoms with Crippen LogP contribution in [0.1, 0.15) is 37.3 Å². The molecule has 6 nitrogen and oxygen atoms in total. The van der Waals surface area contributed by atoms with E-state index in [0.29, 0.717) is 12.5 Å². The Labute approximate surface area is 191 Å². The highest BCUT2D eigenvalue weighted by atomic mass is 16.2. The van der Waals surface area contributed by atoms with Gasteiger partial charge in [0.15, 0.2) is 5.96 Å². The first-order chi connectivity index (χ1) is 15.7. The van der Waals surface area contributed by atoms with Gasteiger partial charge in [0.05, 0.1) is 6.54 Å². The van der Waals surface area contributed by atoms with Crippen LogP contribution < -0.4 is 10.6 Å². The second-order valence-electron chi connectivity index (χ2n) is 8.79. The molecule has 1 atom stereocenters. The molecule has 2 N–H and O–H groups in total. The zero-order chi connectivity index (χ0) is 22.2. The summed E-state index contributed by atoms with van der Waals surface area (Å²) in [6.07, 6.45) is 4.50. The van der Waals surface area contributed by atoms with E-state index in [1.165, 1.54) is 12.0 Å². The van der Waals surface area contributed by atoms with Gasteiger partial charge >= 0.3 is 6.03 Å². The number of guanidine groups is 1. The molecule has 2 aliphatic rings. The maximum atomic E-state index is 12.4. The molecule has 4 rings (SSSR count). The number of rotatable bonds is 6. The molecule has 0 aromatic heterocycles. The number of likely N-dealkylation sites (tertiary alicyclic amines) is 2. The van der Waals surface area contributed by atoms with Gasteiger partial charge in [-0.25, -0.2) is 9.79 Å². The van der Waals surface area contributed by atoms with E-state index in [-0.39, 0.29) is 6.03 Å². The molecule has 2 fully saturated rings. The lowest BCUT2D eigenvalue weighted by molar-refractivity contribution is 0.222. The van der Waals surface area contributed by atoms with E-state index in [1.54, 1.807) is 0 Å². The molecule has 0 aliphatic carbocycles. The Morgan fingerprint density at radius 2 is 1.78 bits per heavy atom. The molecule has 0 saturated carbocycles. The third kappa shape index (κ3) is 6.02. The van der Waals surface area contributed by atoms with Crippen molar-refractivity contribution in [2.45, 2.75) is 39.2 Å². The Hall–Kier alpha value is -3.02. The predicted molar refractivity (Wildman–Crippen MR) is 131 cm³/mol. The number of benzene rings is 2. The van der Waals surface area contributed by atoms with Crippen LogP contribution in [-0.2, 0) is 13.0 Å². The second kappa shape index (κ2) is 11.0. The summed E-state index contributed by atoms with van der Waals surface area (Å²) < 4.78 is 0. The molecule has 1 unspecified atom stereocenters. The summed E-state index contributed by atoms with van der Waals surface area (Å²) in [7, 11) is 0. The number of nitrogens with one attached hydrogen (secondary N) is 2.